The average Bonchev–Trinajstić information content (AvgIpc) is 2.78. The minimum absolute atomic E-state index is 0.571. The molecule has 0 saturated heterocycles. The molecule has 0 aliphatic carbocycles. The number of anilines is 2. The largest absolute Gasteiger partial charge is 0.347 e. The van der Waals surface area contributed by atoms with Crippen LogP contribution in [0.1, 0.15) is 50.0 Å². The van der Waals surface area contributed by atoms with Gasteiger partial charge in [0.1, 0.15) is 0 Å². The Labute approximate surface area is 114 Å². The summed E-state index contributed by atoms with van der Waals surface area (Å²) in [5.74, 6) is 1.17. The van der Waals surface area contributed by atoms with Crippen molar-refractivity contribution < 1.29 is 0 Å². The van der Waals surface area contributed by atoms with E-state index in [-0.39, 0.29) is 0 Å². The first-order chi connectivity index (χ1) is 8.56. The van der Waals surface area contributed by atoms with Crippen molar-refractivity contribution in [1.82, 2.24) is 0 Å². The first-order valence-electron chi connectivity index (χ1n) is 6.53. The zero-order chi connectivity index (χ0) is 13.1. The lowest BCUT2D eigenvalue weighted by Gasteiger charge is -2.09. The van der Waals surface area contributed by atoms with Gasteiger partial charge in [-0.25, -0.2) is 0 Å². The molecule has 0 fully saturated rings. The van der Waals surface area contributed by atoms with Gasteiger partial charge in [0.15, 0.2) is 0 Å². The van der Waals surface area contributed by atoms with E-state index in [4.69, 9.17) is 0 Å². The first kappa shape index (κ1) is 13.2. The van der Waals surface area contributed by atoms with Gasteiger partial charge in [-0.15, -0.1) is 11.3 Å². The Morgan fingerprint density at radius 3 is 2.33 bits per heavy atom. The van der Waals surface area contributed by atoms with Crippen molar-refractivity contribution in [3.63, 3.8) is 0 Å². The van der Waals surface area contributed by atoms with E-state index >= 15 is 0 Å². The van der Waals surface area contributed by atoms with Crippen LogP contribution >= 0.6 is 11.3 Å². The van der Waals surface area contributed by atoms with Gasteiger partial charge in [-0.3, -0.25) is 0 Å². The van der Waals surface area contributed by atoms with Gasteiger partial charge in [0.25, 0.3) is 0 Å². The number of thiophene rings is 1. The third-order valence-corrected chi connectivity index (χ3v) is 4.32. The Morgan fingerprint density at radius 2 is 1.72 bits per heavy atom. The van der Waals surface area contributed by atoms with Crippen molar-refractivity contribution in [2.45, 2.75) is 39.5 Å². The zero-order valence-corrected chi connectivity index (χ0v) is 12.3. The molecule has 2 heteroatoms. The van der Waals surface area contributed by atoms with Crippen molar-refractivity contribution in [1.29, 1.82) is 0 Å². The van der Waals surface area contributed by atoms with Crippen LogP contribution in [0.5, 0.6) is 0 Å². The van der Waals surface area contributed by atoms with Gasteiger partial charge in [-0.1, -0.05) is 39.8 Å². The van der Waals surface area contributed by atoms with E-state index < -0.39 is 0 Å². The summed E-state index contributed by atoms with van der Waals surface area (Å²) in [5.41, 5.74) is 2.55. The molecular formula is C16H21NS. The lowest BCUT2D eigenvalue weighted by atomic mass is 10.0. The fourth-order valence-electron chi connectivity index (χ4n) is 1.85. The molecule has 0 amide bonds. The monoisotopic (exact) mass is 259 g/mol. The summed E-state index contributed by atoms with van der Waals surface area (Å²) >= 11 is 1.84. The van der Waals surface area contributed by atoms with Gasteiger partial charge in [0, 0.05) is 10.6 Å². The van der Waals surface area contributed by atoms with E-state index in [1.54, 1.807) is 0 Å². The molecule has 0 aliphatic heterocycles. The maximum absolute atomic E-state index is 3.49. The van der Waals surface area contributed by atoms with Crippen LogP contribution in [0.2, 0.25) is 0 Å². The molecule has 1 aromatic heterocycles. The van der Waals surface area contributed by atoms with Crippen molar-refractivity contribution in [2.75, 3.05) is 5.32 Å². The third-order valence-electron chi connectivity index (χ3n) is 3.02. The Hall–Kier alpha value is -1.28. The van der Waals surface area contributed by atoms with Crippen LogP contribution in [-0.4, -0.2) is 0 Å². The predicted molar refractivity (Wildman–Crippen MR) is 82.2 cm³/mol. The summed E-state index contributed by atoms with van der Waals surface area (Å²) in [6.45, 7) is 8.91. The minimum atomic E-state index is 0.571. The Morgan fingerprint density at radius 1 is 0.944 bits per heavy atom. The maximum Gasteiger partial charge on any atom is 0.0929 e. The fourth-order valence-corrected chi connectivity index (χ4v) is 2.78. The van der Waals surface area contributed by atoms with Crippen LogP contribution in [0.15, 0.2) is 36.4 Å². The predicted octanol–water partition coefficient (Wildman–Crippen LogP) is 5.74. The summed E-state index contributed by atoms with van der Waals surface area (Å²) in [6, 6.07) is 13.0. The number of hydrogen-bond acceptors (Lipinski definition) is 2. The second-order valence-electron chi connectivity index (χ2n) is 5.26. The van der Waals surface area contributed by atoms with Crippen LogP contribution in [0.4, 0.5) is 10.7 Å². The van der Waals surface area contributed by atoms with Gasteiger partial charge >= 0.3 is 0 Å². The highest BCUT2D eigenvalue weighted by Gasteiger charge is 2.05. The molecule has 1 aromatic carbocycles. The van der Waals surface area contributed by atoms with E-state index in [2.05, 4.69) is 69.4 Å². The SMILES string of the molecule is CC(C)c1cccc(Nc2ccc(C(C)C)s2)c1. The van der Waals surface area contributed by atoms with Gasteiger partial charge in [-0.2, -0.15) is 0 Å². The standard InChI is InChI=1S/C16H21NS/c1-11(2)13-6-5-7-14(10-13)17-16-9-8-15(18-16)12(3)4/h5-12,17H,1-4H3. The molecule has 96 valence electrons. The van der Waals surface area contributed by atoms with Crippen molar-refractivity contribution >= 4 is 22.0 Å². The highest BCUT2D eigenvalue weighted by molar-refractivity contribution is 7.16. The highest BCUT2D eigenvalue weighted by atomic mass is 32.1. The molecule has 0 spiro atoms. The molecule has 2 rings (SSSR count). The molecule has 0 aliphatic rings. The summed E-state index contributed by atoms with van der Waals surface area (Å²) in [6.07, 6.45) is 0. The van der Waals surface area contributed by atoms with Gasteiger partial charge in [-0.05, 0) is 41.7 Å². The van der Waals surface area contributed by atoms with Gasteiger partial charge < -0.3 is 5.32 Å². The van der Waals surface area contributed by atoms with Crippen LogP contribution in [0.25, 0.3) is 0 Å². The van der Waals surface area contributed by atoms with E-state index in [9.17, 15) is 0 Å². The van der Waals surface area contributed by atoms with Crippen LogP contribution < -0.4 is 5.32 Å². The Kier molecular flexibility index (Phi) is 4.07. The van der Waals surface area contributed by atoms with Crippen LogP contribution in [0.3, 0.4) is 0 Å². The number of benzene rings is 1. The van der Waals surface area contributed by atoms with Crippen molar-refractivity contribution in [2.24, 2.45) is 0 Å². The molecule has 0 radical (unpaired) electrons. The molecule has 0 atom stereocenters. The quantitative estimate of drug-likeness (QED) is 0.738. The number of nitrogens with one attached hydrogen (secondary N) is 1. The summed E-state index contributed by atoms with van der Waals surface area (Å²) in [7, 11) is 0. The van der Waals surface area contributed by atoms with Crippen LogP contribution in [0, 0.1) is 0 Å². The summed E-state index contributed by atoms with van der Waals surface area (Å²) in [5, 5.41) is 4.71. The number of hydrogen-bond donors (Lipinski definition) is 1. The first-order valence-corrected chi connectivity index (χ1v) is 7.34. The second-order valence-corrected chi connectivity index (χ2v) is 6.38. The van der Waals surface area contributed by atoms with Crippen LogP contribution in [-0.2, 0) is 0 Å². The molecular weight excluding hydrogens is 238 g/mol. The van der Waals surface area contributed by atoms with E-state index in [0.29, 0.717) is 11.8 Å². The molecule has 1 nitrogen and oxygen atoms in total. The molecule has 0 unspecified atom stereocenters. The molecule has 0 saturated carbocycles. The van der Waals surface area contributed by atoms with Gasteiger partial charge in [0.05, 0.1) is 5.00 Å². The molecule has 1 heterocycles. The average molecular weight is 259 g/mol. The van der Waals surface area contributed by atoms with Crippen molar-refractivity contribution in [3.8, 4) is 0 Å². The summed E-state index contributed by atoms with van der Waals surface area (Å²) in [4.78, 5) is 1.43. The molecule has 0 bridgehead atoms. The third kappa shape index (κ3) is 3.14. The molecule has 18 heavy (non-hydrogen) atoms. The number of rotatable bonds is 4. The highest BCUT2D eigenvalue weighted by Crippen LogP contribution is 2.30. The topological polar surface area (TPSA) is 12.0 Å². The molecule has 2 aromatic rings. The minimum Gasteiger partial charge on any atom is -0.347 e. The lowest BCUT2D eigenvalue weighted by Crippen LogP contribution is -1.91. The van der Waals surface area contributed by atoms with Gasteiger partial charge in [0.2, 0.25) is 0 Å². The molecule has 1 N–H and O–H groups in total. The lowest BCUT2D eigenvalue weighted by molar-refractivity contribution is 0.867. The van der Waals surface area contributed by atoms with E-state index in [1.165, 1.54) is 21.1 Å². The zero-order valence-electron chi connectivity index (χ0n) is 11.5. The smallest absolute Gasteiger partial charge is 0.0929 e. The van der Waals surface area contributed by atoms with Crippen molar-refractivity contribution in [3.05, 3.63) is 46.8 Å². The Balaban J connectivity index is 2.15. The maximum atomic E-state index is 3.49. The van der Waals surface area contributed by atoms with E-state index in [1.807, 2.05) is 11.3 Å². The Bertz CT molecular complexity index is 511. The second kappa shape index (κ2) is 5.57. The summed E-state index contributed by atoms with van der Waals surface area (Å²) < 4.78 is 0. The normalized spacial score (nSPS) is 11.2. The fraction of sp³-hybridized carbons (Fsp3) is 0.375. The van der Waals surface area contributed by atoms with E-state index in [0.717, 1.165) is 0 Å².